The second-order valence-corrected chi connectivity index (χ2v) is 9.12. The van der Waals surface area contributed by atoms with Crippen molar-refractivity contribution in [3.05, 3.63) is 83.4 Å². The highest BCUT2D eigenvalue weighted by atomic mass is 19.4. The van der Waals surface area contributed by atoms with Crippen molar-refractivity contribution in [1.29, 1.82) is 0 Å². The number of halogens is 5. The van der Waals surface area contributed by atoms with E-state index in [0.29, 0.717) is 11.1 Å². The zero-order valence-electron chi connectivity index (χ0n) is 19.8. The van der Waals surface area contributed by atoms with E-state index in [1.807, 2.05) is 0 Å². The van der Waals surface area contributed by atoms with Crippen molar-refractivity contribution in [2.75, 3.05) is 14.2 Å². The maximum Gasteiger partial charge on any atom is 0.417 e. The number of aliphatic hydroxyl groups is 1. The molecular weight excluding hydrogens is 467 g/mol. The van der Waals surface area contributed by atoms with Gasteiger partial charge in [0.2, 0.25) is 0 Å². The fraction of sp³-hybridized carbons (Fsp3) is 0.333. The van der Waals surface area contributed by atoms with Crippen LogP contribution in [-0.4, -0.2) is 31.1 Å². The molecule has 188 valence electrons. The molecule has 0 saturated heterocycles. The lowest BCUT2D eigenvalue weighted by atomic mass is 9.72. The fourth-order valence-corrected chi connectivity index (χ4v) is 4.36. The van der Waals surface area contributed by atoms with E-state index in [9.17, 15) is 22.7 Å². The lowest BCUT2D eigenvalue weighted by Gasteiger charge is -2.38. The first-order valence-electron chi connectivity index (χ1n) is 10.9. The van der Waals surface area contributed by atoms with Crippen LogP contribution in [0.3, 0.4) is 0 Å². The van der Waals surface area contributed by atoms with Crippen LogP contribution >= 0.6 is 0 Å². The Bertz CT molecular complexity index is 1180. The first-order chi connectivity index (χ1) is 16.3. The van der Waals surface area contributed by atoms with E-state index in [-0.39, 0.29) is 22.6 Å². The molecule has 0 bridgehead atoms. The van der Waals surface area contributed by atoms with Gasteiger partial charge in [-0.15, -0.1) is 0 Å². The van der Waals surface area contributed by atoms with Gasteiger partial charge in [-0.25, -0.2) is 8.78 Å². The van der Waals surface area contributed by atoms with Gasteiger partial charge in [0.25, 0.3) is 0 Å². The monoisotopic (exact) mass is 494 g/mol. The maximum absolute atomic E-state index is 15.1. The molecule has 0 amide bonds. The van der Waals surface area contributed by atoms with Gasteiger partial charge in [-0.05, 0) is 53.3 Å². The summed E-state index contributed by atoms with van der Waals surface area (Å²) >= 11 is 0. The molecule has 0 radical (unpaired) electrons. The zero-order valence-corrected chi connectivity index (χ0v) is 19.8. The average Bonchev–Trinajstić information content (AvgIpc) is 2.79. The van der Waals surface area contributed by atoms with Gasteiger partial charge in [-0.3, -0.25) is 0 Å². The molecule has 8 heteroatoms. The predicted octanol–water partition coefficient (Wildman–Crippen LogP) is 6.85. The highest BCUT2D eigenvalue weighted by molar-refractivity contribution is 5.71. The summed E-state index contributed by atoms with van der Waals surface area (Å²) < 4.78 is 82.3. The molecule has 0 fully saturated rings. The first-order valence-corrected chi connectivity index (χ1v) is 10.9. The summed E-state index contributed by atoms with van der Waals surface area (Å²) in [5.41, 5.74) is -3.92. The van der Waals surface area contributed by atoms with Crippen molar-refractivity contribution in [3.8, 4) is 22.6 Å². The van der Waals surface area contributed by atoms with Gasteiger partial charge in [-0.2, -0.15) is 13.2 Å². The van der Waals surface area contributed by atoms with Gasteiger partial charge in [0.15, 0.2) is 5.60 Å². The molecule has 0 aliphatic carbocycles. The summed E-state index contributed by atoms with van der Waals surface area (Å²) in [6.07, 6.45) is -7.04. The van der Waals surface area contributed by atoms with Crippen LogP contribution in [0.2, 0.25) is 0 Å². The Kier molecular flexibility index (Phi) is 7.45. The highest BCUT2D eigenvalue weighted by Gasteiger charge is 2.56. The van der Waals surface area contributed by atoms with Gasteiger partial charge >= 0.3 is 6.18 Å². The third-order valence-corrected chi connectivity index (χ3v) is 6.09. The Morgan fingerprint density at radius 2 is 1.46 bits per heavy atom. The lowest BCUT2D eigenvalue weighted by Crippen LogP contribution is -2.51. The number of rotatable bonds is 8. The molecule has 0 aromatic heterocycles. The normalized spacial score (nSPS) is 13.9. The second-order valence-electron chi connectivity index (χ2n) is 9.12. The Morgan fingerprint density at radius 1 is 0.829 bits per heavy atom. The van der Waals surface area contributed by atoms with Crippen molar-refractivity contribution >= 4 is 0 Å². The number of ether oxygens (including phenoxy) is 2. The summed E-state index contributed by atoms with van der Waals surface area (Å²) in [7, 11) is 2.65. The lowest BCUT2D eigenvalue weighted by molar-refractivity contribution is -0.266. The molecule has 0 aliphatic rings. The molecule has 1 atom stereocenters. The van der Waals surface area contributed by atoms with Crippen molar-refractivity contribution in [3.63, 3.8) is 0 Å². The van der Waals surface area contributed by atoms with E-state index in [1.54, 1.807) is 30.3 Å². The minimum absolute atomic E-state index is 0.153. The largest absolute Gasteiger partial charge is 0.496 e. The Hall–Kier alpha value is -3.13. The number of hydrogen-bond donors (Lipinski definition) is 1. The van der Waals surface area contributed by atoms with Crippen LogP contribution in [0, 0.1) is 11.6 Å². The summed E-state index contributed by atoms with van der Waals surface area (Å²) in [6, 6.07) is 14.5. The molecule has 0 spiro atoms. The molecular formula is C27H27F5O3. The average molecular weight is 495 g/mol. The van der Waals surface area contributed by atoms with E-state index >= 15 is 4.39 Å². The molecule has 35 heavy (non-hydrogen) atoms. The van der Waals surface area contributed by atoms with E-state index in [2.05, 4.69) is 0 Å². The number of methoxy groups -OCH3 is 2. The SMILES string of the molecule is COc1cc(CC(O)(CC(C)(C)c2cc(F)ccc2OC)C(F)(F)F)c(F)cc1-c1ccccc1. The minimum Gasteiger partial charge on any atom is -0.496 e. The predicted molar refractivity (Wildman–Crippen MR) is 124 cm³/mol. The van der Waals surface area contributed by atoms with E-state index in [4.69, 9.17) is 9.47 Å². The molecule has 0 heterocycles. The van der Waals surface area contributed by atoms with Gasteiger partial charge in [-0.1, -0.05) is 44.2 Å². The van der Waals surface area contributed by atoms with Crippen LogP contribution in [0.25, 0.3) is 11.1 Å². The molecule has 1 unspecified atom stereocenters. The second kappa shape index (κ2) is 9.85. The molecule has 3 aromatic rings. The first kappa shape index (κ1) is 26.5. The number of hydrogen-bond acceptors (Lipinski definition) is 3. The summed E-state index contributed by atoms with van der Waals surface area (Å²) in [6.45, 7) is 2.88. The van der Waals surface area contributed by atoms with Gasteiger partial charge < -0.3 is 14.6 Å². The minimum atomic E-state index is -5.11. The molecule has 3 aromatic carbocycles. The molecule has 0 aliphatic heterocycles. The smallest absolute Gasteiger partial charge is 0.417 e. The van der Waals surface area contributed by atoms with Crippen LogP contribution in [0.4, 0.5) is 22.0 Å². The summed E-state index contributed by atoms with van der Waals surface area (Å²) in [4.78, 5) is 0. The quantitative estimate of drug-likeness (QED) is 0.348. The molecule has 0 saturated carbocycles. The van der Waals surface area contributed by atoms with Crippen molar-refractivity contribution in [1.82, 2.24) is 0 Å². The Balaban J connectivity index is 2.04. The number of alkyl halides is 3. The molecule has 3 rings (SSSR count). The van der Waals surface area contributed by atoms with Crippen molar-refractivity contribution in [2.45, 2.75) is 43.9 Å². The topological polar surface area (TPSA) is 38.7 Å². The van der Waals surface area contributed by atoms with E-state index in [1.165, 1.54) is 40.2 Å². The zero-order chi connectivity index (χ0) is 26.0. The van der Waals surface area contributed by atoms with Crippen LogP contribution in [0.1, 0.15) is 31.4 Å². The summed E-state index contributed by atoms with van der Waals surface area (Å²) in [5.74, 6) is -1.21. The third kappa shape index (κ3) is 5.59. The van der Waals surface area contributed by atoms with Crippen molar-refractivity contribution in [2.24, 2.45) is 0 Å². The molecule has 1 N–H and O–H groups in total. The van der Waals surface area contributed by atoms with Crippen molar-refractivity contribution < 1.29 is 36.5 Å². The number of benzene rings is 3. The van der Waals surface area contributed by atoms with Crippen LogP contribution < -0.4 is 9.47 Å². The fourth-order valence-electron chi connectivity index (χ4n) is 4.36. The highest BCUT2D eigenvalue weighted by Crippen LogP contribution is 2.46. The van der Waals surface area contributed by atoms with Crippen LogP contribution in [0.15, 0.2) is 60.7 Å². The van der Waals surface area contributed by atoms with E-state index in [0.717, 1.165) is 18.2 Å². The standard InChI is InChI=1S/C27H27F5O3/c1-25(2,21-13-19(28)10-11-23(21)34-3)16-26(33,27(30,31)32)15-18-12-24(35-4)20(14-22(18)29)17-8-6-5-7-9-17/h5-14,33H,15-16H2,1-4H3. The van der Waals surface area contributed by atoms with Gasteiger partial charge in [0.1, 0.15) is 23.1 Å². The van der Waals surface area contributed by atoms with Crippen LogP contribution in [-0.2, 0) is 11.8 Å². The Labute approximate surface area is 201 Å². The van der Waals surface area contributed by atoms with Crippen LogP contribution in [0.5, 0.6) is 11.5 Å². The third-order valence-electron chi connectivity index (χ3n) is 6.09. The Morgan fingerprint density at radius 3 is 2.03 bits per heavy atom. The maximum atomic E-state index is 15.1. The van der Waals surface area contributed by atoms with E-state index < -0.39 is 41.7 Å². The molecule has 3 nitrogen and oxygen atoms in total. The van der Waals surface area contributed by atoms with Gasteiger partial charge in [0, 0.05) is 17.5 Å². The summed E-state index contributed by atoms with van der Waals surface area (Å²) in [5, 5.41) is 10.9. The van der Waals surface area contributed by atoms with Gasteiger partial charge in [0.05, 0.1) is 14.2 Å².